The lowest BCUT2D eigenvalue weighted by Gasteiger charge is -2.16. The topological polar surface area (TPSA) is 111 Å². The Balaban J connectivity index is 1.68. The maximum Gasteiger partial charge on any atom is 0.307 e. The molecule has 0 spiro atoms. The van der Waals surface area contributed by atoms with E-state index in [1.807, 2.05) is 0 Å². The van der Waals surface area contributed by atoms with Crippen LogP contribution < -0.4 is 5.32 Å². The number of nitrogens with one attached hydrogen (secondary N) is 4. The number of H-pyrrole nitrogens is 1. The second kappa shape index (κ2) is 8.12. The van der Waals surface area contributed by atoms with Crippen LogP contribution in [-0.2, 0) is 14.3 Å². The Kier molecular flexibility index (Phi) is 5.47. The smallest absolute Gasteiger partial charge is 0.307 e. The van der Waals surface area contributed by atoms with E-state index in [9.17, 15) is 18.0 Å². The van der Waals surface area contributed by atoms with Gasteiger partial charge in [-0.1, -0.05) is 0 Å². The van der Waals surface area contributed by atoms with Crippen molar-refractivity contribution in [3.8, 4) is 11.3 Å². The van der Waals surface area contributed by atoms with Crippen LogP contribution in [0.1, 0.15) is 18.4 Å². The monoisotopic (exact) mass is 444 g/mol. The second-order valence-corrected chi connectivity index (χ2v) is 7.62. The van der Waals surface area contributed by atoms with Gasteiger partial charge in [0.05, 0.1) is 28.9 Å². The van der Waals surface area contributed by atoms with E-state index in [2.05, 4.69) is 10.3 Å². The van der Waals surface area contributed by atoms with E-state index in [1.165, 1.54) is 31.4 Å². The fourth-order valence-electron chi connectivity index (χ4n) is 3.52. The Labute approximate surface area is 180 Å². The molecule has 1 heterocycles. The molecule has 0 bridgehead atoms. The number of amides is 1. The summed E-state index contributed by atoms with van der Waals surface area (Å²) in [4.78, 5) is 15.1. The predicted molar refractivity (Wildman–Crippen MR) is 111 cm³/mol. The molecule has 10 heteroatoms. The molecule has 4 rings (SSSR count). The Hall–Kier alpha value is -3.66. The molecule has 1 aliphatic carbocycles. The molecule has 0 saturated heterocycles. The zero-order chi connectivity index (χ0) is 23.0. The van der Waals surface area contributed by atoms with Crippen molar-refractivity contribution in [3.63, 3.8) is 0 Å². The van der Waals surface area contributed by atoms with Crippen LogP contribution in [0.5, 0.6) is 0 Å². The van der Waals surface area contributed by atoms with Crippen molar-refractivity contribution in [2.45, 2.75) is 18.4 Å². The number of carbonyl (C=O) groups is 1. The predicted octanol–water partition coefficient (Wildman–Crippen LogP) is 3.87. The lowest BCUT2D eigenvalue weighted by atomic mass is 10.0. The van der Waals surface area contributed by atoms with Crippen molar-refractivity contribution in [1.29, 1.82) is 10.8 Å². The number of methoxy groups -OCH3 is 1. The molecule has 0 unspecified atom stereocenters. The van der Waals surface area contributed by atoms with Crippen LogP contribution in [0, 0.1) is 28.3 Å². The number of aromatic nitrogens is 1. The number of hydrogen-bond acceptors (Lipinski definition) is 5. The molecule has 1 fully saturated rings. The van der Waals surface area contributed by atoms with Gasteiger partial charge in [0, 0.05) is 18.6 Å². The lowest BCUT2D eigenvalue weighted by molar-refractivity contribution is -0.117. The van der Waals surface area contributed by atoms with Crippen LogP contribution in [0.15, 0.2) is 36.4 Å². The van der Waals surface area contributed by atoms with Crippen molar-refractivity contribution >= 4 is 28.6 Å². The zero-order valence-electron chi connectivity index (χ0n) is 16.9. The number of carbonyl (C=O) groups excluding carboxylic acids is 1. The third kappa shape index (κ3) is 4.09. The van der Waals surface area contributed by atoms with Gasteiger partial charge in [0.2, 0.25) is 5.90 Å². The summed E-state index contributed by atoms with van der Waals surface area (Å²) in [5.74, 6) is -4.64. The maximum absolute atomic E-state index is 14.4. The maximum atomic E-state index is 14.4. The molecule has 1 saturated carbocycles. The molecule has 0 atom stereocenters. The number of benzene rings is 2. The minimum Gasteiger partial charge on any atom is -0.416 e. The van der Waals surface area contributed by atoms with Gasteiger partial charge >= 0.3 is 5.91 Å². The minimum atomic E-state index is -0.898. The van der Waals surface area contributed by atoms with Crippen molar-refractivity contribution < 1.29 is 27.4 Å². The zero-order valence-corrected chi connectivity index (χ0v) is 16.9. The van der Waals surface area contributed by atoms with E-state index < -0.39 is 40.7 Å². The number of fused-ring (bicyclic) bond motifs is 1. The van der Waals surface area contributed by atoms with Gasteiger partial charge in [0.15, 0.2) is 0 Å². The van der Waals surface area contributed by atoms with Crippen LogP contribution in [0.3, 0.4) is 0 Å². The van der Waals surface area contributed by atoms with Crippen LogP contribution in [0.25, 0.3) is 22.2 Å². The normalized spacial score (nSPS) is 14.2. The highest BCUT2D eigenvalue weighted by Gasteiger charge is 2.45. The molecular weight excluding hydrogens is 425 g/mol. The summed E-state index contributed by atoms with van der Waals surface area (Å²) < 4.78 is 51.9. The number of hydrogen-bond donors (Lipinski definition) is 4. The van der Waals surface area contributed by atoms with Gasteiger partial charge in [0.25, 0.3) is 5.90 Å². The average molecular weight is 444 g/mol. The summed E-state index contributed by atoms with van der Waals surface area (Å²) in [5, 5.41) is 18.9. The van der Waals surface area contributed by atoms with E-state index in [-0.39, 0.29) is 28.8 Å². The molecule has 1 aliphatic rings. The standard InChI is InChI=1S/C22H19F3N4O3/c1-31-10-22(6-7-22)29-21(30)20(27)32-19(26)16-14-8-13(24)9-15(25)18(14)28-17(16)11-2-4-12(23)5-3-11/h2-5,8-9,26-28H,6-7,10H2,1H3,(H,29,30). The van der Waals surface area contributed by atoms with Gasteiger partial charge in [-0.25, -0.2) is 13.2 Å². The first-order valence-corrected chi connectivity index (χ1v) is 9.66. The van der Waals surface area contributed by atoms with Crippen LogP contribution >= 0.6 is 0 Å². The highest BCUT2D eigenvalue weighted by Crippen LogP contribution is 2.36. The molecule has 32 heavy (non-hydrogen) atoms. The largest absolute Gasteiger partial charge is 0.416 e. The van der Waals surface area contributed by atoms with Gasteiger partial charge in [-0.3, -0.25) is 15.6 Å². The van der Waals surface area contributed by atoms with E-state index in [0.29, 0.717) is 24.5 Å². The molecule has 0 aliphatic heterocycles. The first-order valence-electron chi connectivity index (χ1n) is 9.66. The number of rotatable bonds is 5. The van der Waals surface area contributed by atoms with Gasteiger partial charge in [0.1, 0.15) is 17.5 Å². The summed E-state index contributed by atoms with van der Waals surface area (Å²) in [7, 11) is 1.50. The third-order valence-corrected chi connectivity index (χ3v) is 5.25. The van der Waals surface area contributed by atoms with E-state index in [4.69, 9.17) is 20.3 Å². The summed E-state index contributed by atoms with van der Waals surface area (Å²) in [5.41, 5.74) is -0.196. The Bertz CT molecular complexity index is 1230. The van der Waals surface area contributed by atoms with Crippen LogP contribution in [0.4, 0.5) is 13.2 Å². The molecule has 7 nitrogen and oxygen atoms in total. The first kappa shape index (κ1) is 21.6. The summed E-state index contributed by atoms with van der Waals surface area (Å²) in [6.45, 7) is 0.277. The number of halogens is 3. The van der Waals surface area contributed by atoms with Crippen molar-refractivity contribution in [2.75, 3.05) is 13.7 Å². The Morgan fingerprint density at radius 1 is 1.12 bits per heavy atom. The molecule has 3 aromatic rings. The molecule has 4 N–H and O–H groups in total. The van der Waals surface area contributed by atoms with E-state index in [1.54, 1.807) is 0 Å². The Morgan fingerprint density at radius 2 is 1.81 bits per heavy atom. The van der Waals surface area contributed by atoms with Crippen molar-refractivity contribution in [3.05, 3.63) is 59.4 Å². The fraction of sp³-hybridized carbons (Fsp3) is 0.227. The molecule has 1 aromatic heterocycles. The quantitative estimate of drug-likeness (QED) is 0.354. The molecule has 0 radical (unpaired) electrons. The molecule has 166 valence electrons. The highest BCUT2D eigenvalue weighted by molar-refractivity contribution is 6.36. The highest BCUT2D eigenvalue weighted by atomic mass is 19.1. The summed E-state index contributed by atoms with van der Waals surface area (Å²) in [6.07, 6.45) is 1.38. The second-order valence-electron chi connectivity index (χ2n) is 7.62. The van der Waals surface area contributed by atoms with Crippen LogP contribution in [0.2, 0.25) is 0 Å². The fourth-order valence-corrected chi connectivity index (χ4v) is 3.52. The van der Waals surface area contributed by atoms with Crippen LogP contribution in [-0.4, -0.2) is 41.9 Å². The average Bonchev–Trinajstić information content (AvgIpc) is 3.37. The number of ether oxygens (including phenoxy) is 2. The van der Waals surface area contributed by atoms with Gasteiger partial charge in [-0.05, 0) is 48.7 Å². The third-order valence-electron chi connectivity index (χ3n) is 5.25. The van der Waals surface area contributed by atoms with Gasteiger partial charge in [-0.2, -0.15) is 0 Å². The number of aromatic amines is 1. The van der Waals surface area contributed by atoms with Gasteiger partial charge in [-0.15, -0.1) is 0 Å². The molecular formula is C22H19F3N4O3. The first-order chi connectivity index (χ1) is 15.2. The Morgan fingerprint density at radius 3 is 2.44 bits per heavy atom. The molecule has 2 aromatic carbocycles. The minimum absolute atomic E-state index is 0.0157. The van der Waals surface area contributed by atoms with Gasteiger partial charge < -0.3 is 19.8 Å². The SMILES string of the molecule is COCC1(NC(=O)C(=N)OC(=N)c2c(-c3ccc(F)cc3)[nH]c3c(F)cc(F)cc23)CC1. The summed E-state index contributed by atoms with van der Waals surface area (Å²) >= 11 is 0. The van der Waals surface area contributed by atoms with E-state index >= 15 is 0 Å². The molecule has 1 amide bonds. The lowest BCUT2D eigenvalue weighted by Crippen LogP contribution is -2.44. The van der Waals surface area contributed by atoms with E-state index in [0.717, 1.165) is 6.07 Å². The van der Waals surface area contributed by atoms with Crippen molar-refractivity contribution in [2.24, 2.45) is 0 Å². The van der Waals surface area contributed by atoms with Crippen molar-refractivity contribution in [1.82, 2.24) is 10.3 Å². The summed E-state index contributed by atoms with van der Waals surface area (Å²) in [6, 6.07) is 6.83.